The van der Waals surface area contributed by atoms with Crippen molar-refractivity contribution in [3.8, 4) is 5.75 Å². The Morgan fingerprint density at radius 3 is 2.64 bits per heavy atom. The van der Waals surface area contributed by atoms with Crippen molar-refractivity contribution in [3.63, 3.8) is 0 Å². The first-order valence-corrected chi connectivity index (χ1v) is 8.48. The van der Waals surface area contributed by atoms with Crippen LogP contribution in [-0.2, 0) is 9.53 Å². The topological polar surface area (TPSA) is 81.9 Å². The van der Waals surface area contributed by atoms with Gasteiger partial charge in [0.05, 0.1) is 23.7 Å². The quantitative estimate of drug-likeness (QED) is 0.602. The van der Waals surface area contributed by atoms with E-state index in [0.717, 1.165) is 0 Å². The van der Waals surface area contributed by atoms with Crippen molar-refractivity contribution in [2.75, 3.05) is 26.3 Å². The van der Waals surface area contributed by atoms with E-state index in [0.29, 0.717) is 37.4 Å². The molecule has 2 heterocycles. The Hall–Kier alpha value is -1.96. The number of carbonyl (C=O) groups is 1. The molecule has 0 bridgehead atoms. The summed E-state index contributed by atoms with van der Waals surface area (Å²) in [6.45, 7) is 5.86. The van der Waals surface area contributed by atoms with Gasteiger partial charge < -0.3 is 9.47 Å². The number of Topliss-reactive ketones (excluding diaryl/α,β-unsaturated/α-hetero) is 1. The van der Waals surface area contributed by atoms with Crippen molar-refractivity contribution in [1.29, 1.82) is 0 Å². The smallest absolute Gasteiger partial charge is 0.313 e. The summed E-state index contributed by atoms with van der Waals surface area (Å²) >= 11 is 6.00. The summed E-state index contributed by atoms with van der Waals surface area (Å²) in [5.41, 5.74) is 0.738. The third-order valence-corrected chi connectivity index (χ3v) is 4.47. The highest BCUT2D eigenvalue weighted by molar-refractivity contribution is 6.31. The van der Waals surface area contributed by atoms with Gasteiger partial charge in [-0.3, -0.25) is 19.8 Å². The number of nitrogens with zero attached hydrogens (tertiary/aromatic N) is 2. The molecule has 0 N–H and O–H groups in total. The number of benzene rings is 1. The number of fused-ring (bicyclic) bond motifs is 1. The first-order chi connectivity index (χ1) is 11.9. The van der Waals surface area contributed by atoms with Crippen LogP contribution in [0.4, 0.5) is 5.69 Å². The molecule has 3 rings (SSSR count). The van der Waals surface area contributed by atoms with E-state index in [1.807, 2.05) is 18.7 Å². The Morgan fingerprint density at radius 1 is 1.36 bits per heavy atom. The second kappa shape index (κ2) is 7.11. The van der Waals surface area contributed by atoms with Crippen LogP contribution >= 0.6 is 11.6 Å². The lowest BCUT2D eigenvalue weighted by molar-refractivity contribution is -0.386. The molecule has 1 atom stereocenters. The number of rotatable bonds is 4. The van der Waals surface area contributed by atoms with Crippen molar-refractivity contribution >= 4 is 29.1 Å². The van der Waals surface area contributed by atoms with E-state index >= 15 is 0 Å². The summed E-state index contributed by atoms with van der Waals surface area (Å²) in [6, 6.07) is 2.84. The third kappa shape index (κ3) is 3.53. The van der Waals surface area contributed by atoms with Gasteiger partial charge in [0.25, 0.3) is 0 Å². The SMILES string of the molecule is CC(C)C(=O)C1=Cc2cc(Cl)cc([N+](=O)[O-])c2O[C@H]1N1CCOCC1. The van der Waals surface area contributed by atoms with Gasteiger partial charge in [0.1, 0.15) is 0 Å². The molecular formula is C17H19ClN2O5. The van der Waals surface area contributed by atoms with E-state index in [1.54, 1.807) is 12.1 Å². The Balaban J connectivity index is 2.10. The number of hydrogen-bond acceptors (Lipinski definition) is 6. The lowest BCUT2D eigenvalue weighted by Crippen LogP contribution is -2.49. The average Bonchev–Trinajstić information content (AvgIpc) is 2.59. The Kier molecular flexibility index (Phi) is 5.08. The molecule has 0 saturated carbocycles. The van der Waals surface area contributed by atoms with E-state index in [9.17, 15) is 14.9 Å². The van der Waals surface area contributed by atoms with Crippen LogP contribution < -0.4 is 4.74 Å². The average molecular weight is 367 g/mol. The Morgan fingerprint density at radius 2 is 2.04 bits per heavy atom. The molecule has 0 aliphatic carbocycles. The largest absolute Gasteiger partial charge is 0.463 e. The van der Waals surface area contributed by atoms with Gasteiger partial charge in [-0.05, 0) is 12.1 Å². The van der Waals surface area contributed by atoms with E-state index in [2.05, 4.69) is 0 Å². The number of halogens is 1. The molecular weight excluding hydrogens is 348 g/mol. The van der Waals surface area contributed by atoms with Crippen molar-refractivity contribution in [3.05, 3.63) is 38.4 Å². The van der Waals surface area contributed by atoms with Gasteiger partial charge in [0, 0.05) is 35.7 Å². The zero-order chi connectivity index (χ0) is 18.1. The van der Waals surface area contributed by atoms with Gasteiger partial charge in [0.2, 0.25) is 5.75 Å². The minimum atomic E-state index is -0.661. The van der Waals surface area contributed by atoms with Crippen molar-refractivity contribution in [2.24, 2.45) is 5.92 Å². The molecule has 25 heavy (non-hydrogen) atoms. The predicted octanol–water partition coefficient (Wildman–Crippen LogP) is 2.91. The minimum Gasteiger partial charge on any atom is -0.463 e. The molecule has 2 aliphatic heterocycles. The second-order valence-corrected chi connectivity index (χ2v) is 6.77. The molecule has 7 nitrogen and oxygen atoms in total. The summed E-state index contributed by atoms with van der Waals surface area (Å²) in [7, 11) is 0. The van der Waals surface area contributed by atoms with Crippen LogP contribution in [0.1, 0.15) is 19.4 Å². The maximum Gasteiger partial charge on any atom is 0.313 e. The fraction of sp³-hybridized carbons (Fsp3) is 0.471. The van der Waals surface area contributed by atoms with Crippen molar-refractivity contribution in [2.45, 2.75) is 20.1 Å². The van der Waals surface area contributed by atoms with Crippen molar-refractivity contribution < 1.29 is 19.2 Å². The van der Waals surface area contributed by atoms with Crippen LogP contribution in [0.5, 0.6) is 5.75 Å². The van der Waals surface area contributed by atoms with E-state index in [4.69, 9.17) is 21.1 Å². The van der Waals surface area contributed by atoms with Crippen molar-refractivity contribution in [1.82, 2.24) is 4.90 Å². The molecule has 0 unspecified atom stereocenters. The van der Waals surface area contributed by atoms with Gasteiger partial charge in [-0.1, -0.05) is 25.4 Å². The van der Waals surface area contributed by atoms with Gasteiger partial charge in [-0.25, -0.2) is 0 Å². The maximum absolute atomic E-state index is 12.7. The molecule has 0 aromatic heterocycles. The van der Waals surface area contributed by atoms with E-state index in [-0.39, 0.29) is 28.2 Å². The molecule has 1 fully saturated rings. The summed E-state index contributed by atoms with van der Waals surface area (Å²) in [5, 5.41) is 11.6. The van der Waals surface area contributed by atoms with Crippen LogP contribution in [0.15, 0.2) is 17.7 Å². The highest BCUT2D eigenvalue weighted by Gasteiger charge is 2.37. The minimum absolute atomic E-state index is 0.0511. The standard InChI is InChI=1S/C17H19ClN2O5/c1-10(2)15(21)13-8-11-7-12(18)9-14(20(22)23)16(11)25-17(13)19-3-5-24-6-4-19/h7-10,17H,3-6H2,1-2H3/t17-/m1/s1. The molecule has 1 aromatic carbocycles. The van der Waals surface area contributed by atoms with Gasteiger partial charge in [-0.15, -0.1) is 0 Å². The first-order valence-electron chi connectivity index (χ1n) is 8.10. The van der Waals surface area contributed by atoms with Gasteiger partial charge in [-0.2, -0.15) is 0 Å². The van der Waals surface area contributed by atoms with E-state index in [1.165, 1.54) is 6.07 Å². The lowest BCUT2D eigenvalue weighted by Gasteiger charge is -2.37. The fourth-order valence-electron chi connectivity index (χ4n) is 2.99. The van der Waals surface area contributed by atoms with Crippen LogP contribution in [0.25, 0.3) is 6.08 Å². The molecule has 1 saturated heterocycles. The Bertz CT molecular complexity index is 741. The zero-order valence-electron chi connectivity index (χ0n) is 14.0. The summed E-state index contributed by atoms with van der Waals surface area (Å²) < 4.78 is 11.3. The predicted molar refractivity (Wildman–Crippen MR) is 92.7 cm³/mol. The third-order valence-electron chi connectivity index (χ3n) is 4.25. The first kappa shape index (κ1) is 17.8. The number of ketones is 1. The molecule has 0 radical (unpaired) electrons. The van der Waals surface area contributed by atoms with Crippen LogP contribution in [-0.4, -0.2) is 48.1 Å². The molecule has 134 valence electrons. The fourth-order valence-corrected chi connectivity index (χ4v) is 3.22. The summed E-state index contributed by atoms with van der Waals surface area (Å²) in [5.74, 6) is -0.120. The summed E-state index contributed by atoms with van der Waals surface area (Å²) in [6.07, 6.45) is 1.01. The number of morpholine rings is 1. The molecule has 2 aliphatic rings. The normalized spacial score (nSPS) is 20.6. The highest BCUT2D eigenvalue weighted by Crippen LogP contribution is 2.41. The summed E-state index contributed by atoms with van der Waals surface area (Å²) in [4.78, 5) is 25.5. The molecule has 1 aromatic rings. The van der Waals surface area contributed by atoms with Gasteiger partial charge >= 0.3 is 5.69 Å². The van der Waals surface area contributed by atoms with Crippen LogP contribution in [0.2, 0.25) is 5.02 Å². The zero-order valence-corrected chi connectivity index (χ0v) is 14.8. The van der Waals surface area contributed by atoms with Gasteiger partial charge in [0.15, 0.2) is 12.0 Å². The van der Waals surface area contributed by atoms with Crippen LogP contribution in [0, 0.1) is 16.0 Å². The van der Waals surface area contributed by atoms with Crippen LogP contribution in [0.3, 0.4) is 0 Å². The lowest BCUT2D eigenvalue weighted by atomic mass is 9.94. The highest BCUT2D eigenvalue weighted by atomic mass is 35.5. The van der Waals surface area contributed by atoms with E-state index < -0.39 is 11.2 Å². The Labute approximate surface area is 150 Å². The second-order valence-electron chi connectivity index (χ2n) is 6.34. The monoisotopic (exact) mass is 366 g/mol. The number of hydrogen-bond donors (Lipinski definition) is 0. The molecule has 0 spiro atoms. The molecule has 8 heteroatoms. The molecule has 0 amide bonds. The maximum atomic E-state index is 12.7. The number of nitro benzene ring substituents is 1. The number of ether oxygens (including phenoxy) is 2. The number of carbonyl (C=O) groups excluding carboxylic acids is 1. The number of nitro groups is 1.